The monoisotopic (exact) mass is 401 g/mol. The first-order chi connectivity index (χ1) is 12.5. The van der Waals surface area contributed by atoms with Crippen LogP contribution in [0.15, 0.2) is 69.8 Å². The van der Waals surface area contributed by atoms with Crippen LogP contribution in [0.2, 0.25) is 5.02 Å². The molecule has 0 fully saturated rings. The number of halogens is 1. The third kappa shape index (κ3) is 3.30. The number of thiophene rings is 1. The van der Waals surface area contributed by atoms with Crippen molar-refractivity contribution in [3.63, 3.8) is 0 Å². The van der Waals surface area contributed by atoms with E-state index >= 15 is 0 Å². The molecule has 3 nitrogen and oxygen atoms in total. The zero-order valence-corrected chi connectivity index (χ0v) is 16.2. The van der Waals surface area contributed by atoms with Gasteiger partial charge < -0.3 is 4.90 Å². The van der Waals surface area contributed by atoms with Crippen LogP contribution in [0.4, 0.5) is 0 Å². The van der Waals surface area contributed by atoms with Crippen molar-refractivity contribution in [2.75, 3.05) is 6.54 Å². The zero-order chi connectivity index (χ0) is 18.1. The molecule has 1 aromatic heterocycles. The number of hydrogen-bond donors (Lipinski definition) is 0. The van der Waals surface area contributed by atoms with Gasteiger partial charge in [-0.25, -0.2) is 8.42 Å². The molecule has 0 saturated heterocycles. The van der Waals surface area contributed by atoms with Gasteiger partial charge in [0.15, 0.2) is 0 Å². The standard InChI is InChI=1S/C20H16ClNO2S2/c21-18-3-1-2-4-20(18)26(23,24)17-7-5-15(6-8-17)13-22-11-9-16-10-12-25-19(16)14-22/h1-10,12,14H,11,13H2. The summed E-state index contributed by atoms with van der Waals surface area (Å²) < 4.78 is 26.8. The fraction of sp³-hybridized carbons (Fsp3) is 0.100. The molecule has 0 radical (unpaired) electrons. The van der Waals surface area contributed by atoms with Gasteiger partial charge in [-0.05, 0) is 46.5 Å². The third-order valence-corrected chi connectivity index (χ3v) is 7.45. The Labute approximate surface area is 161 Å². The van der Waals surface area contributed by atoms with E-state index in [9.17, 15) is 8.42 Å². The fourth-order valence-corrected chi connectivity index (χ4v) is 5.58. The minimum absolute atomic E-state index is 0.138. The maximum atomic E-state index is 12.8. The maximum absolute atomic E-state index is 12.8. The molecule has 26 heavy (non-hydrogen) atoms. The Balaban J connectivity index is 1.57. The third-order valence-electron chi connectivity index (χ3n) is 4.32. The minimum atomic E-state index is -3.61. The van der Waals surface area contributed by atoms with Gasteiger partial charge in [0, 0.05) is 23.8 Å². The number of nitrogens with zero attached hydrogens (tertiary/aromatic N) is 1. The highest BCUT2D eigenvalue weighted by Crippen LogP contribution is 2.27. The lowest BCUT2D eigenvalue weighted by molar-refractivity contribution is 0.455. The quantitative estimate of drug-likeness (QED) is 0.673. The maximum Gasteiger partial charge on any atom is 0.208 e. The van der Waals surface area contributed by atoms with Gasteiger partial charge in [-0.1, -0.05) is 41.9 Å². The van der Waals surface area contributed by atoms with Gasteiger partial charge >= 0.3 is 0 Å². The molecular formula is C20H16ClNO2S2. The Morgan fingerprint density at radius 1 is 1.04 bits per heavy atom. The molecule has 4 rings (SSSR count). The Morgan fingerprint density at radius 2 is 1.81 bits per heavy atom. The van der Waals surface area contributed by atoms with E-state index < -0.39 is 9.84 Å². The van der Waals surface area contributed by atoms with Crippen LogP contribution < -0.4 is 9.75 Å². The molecule has 0 saturated carbocycles. The Kier molecular flexibility index (Phi) is 4.61. The highest BCUT2D eigenvalue weighted by molar-refractivity contribution is 7.91. The molecule has 0 spiro atoms. The van der Waals surface area contributed by atoms with Gasteiger partial charge in [0.25, 0.3) is 0 Å². The predicted octanol–water partition coefficient (Wildman–Crippen LogP) is 3.27. The minimum Gasteiger partial charge on any atom is -0.368 e. The molecule has 0 aliphatic carbocycles. The van der Waals surface area contributed by atoms with Gasteiger partial charge in [-0.15, -0.1) is 11.3 Å². The molecule has 2 heterocycles. The van der Waals surface area contributed by atoms with E-state index in [1.165, 1.54) is 15.8 Å². The normalized spacial score (nSPS) is 13.7. The summed E-state index contributed by atoms with van der Waals surface area (Å²) >= 11 is 7.78. The number of rotatable bonds is 4. The van der Waals surface area contributed by atoms with Gasteiger partial charge in [-0.2, -0.15) is 0 Å². The molecule has 0 N–H and O–H groups in total. The Bertz CT molecular complexity index is 1170. The lowest BCUT2D eigenvalue weighted by atomic mass is 10.2. The summed E-state index contributed by atoms with van der Waals surface area (Å²) in [6, 6.07) is 15.7. The number of sulfone groups is 1. The van der Waals surface area contributed by atoms with Crippen LogP contribution in [0, 0.1) is 0 Å². The van der Waals surface area contributed by atoms with Crippen molar-refractivity contribution < 1.29 is 8.42 Å². The van der Waals surface area contributed by atoms with E-state index in [1.807, 2.05) is 12.1 Å². The highest BCUT2D eigenvalue weighted by atomic mass is 35.5. The van der Waals surface area contributed by atoms with Gasteiger partial charge in [0.1, 0.15) is 0 Å². The second-order valence-electron chi connectivity index (χ2n) is 6.08. The number of fused-ring (bicyclic) bond motifs is 1. The van der Waals surface area contributed by atoms with Crippen LogP contribution in [0.25, 0.3) is 12.3 Å². The average molecular weight is 402 g/mol. The van der Waals surface area contributed by atoms with E-state index in [1.54, 1.807) is 41.7 Å². The molecule has 1 aliphatic heterocycles. The second kappa shape index (κ2) is 6.91. The first-order valence-corrected chi connectivity index (χ1v) is 10.9. The molecule has 1 aliphatic rings. The Hall–Kier alpha value is -2.08. The van der Waals surface area contributed by atoms with Crippen LogP contribution in [0.1, 0.15) is 5.56 Å². The summed E-state index contributed by atoms with van der Waals surface area (Å²) in [6.45, 7) is 1.59. The van der Waals surface area contributed by atoms with E-state index in [-0.39, 0.29) is 14.8 Å². The van der Waals surface area contributed by atoms with Crippen LogP contribution in [0.3, 0.4) is 0 Å². The molecule has 0 atom stereocenters. The van der Waals surface area contributed by atoms with Crippen LogP contribution >= 0.6 is 22.9 Å². The molecule has 132 valence electrons. The Morgan fingerprint density at radius 3 is 2.58 bits per heavy atom. The first-order valence-electron chi connectivity index (χ1n) is 8.12. The van der Waals surface area contributed by atoms with E-state index in [2.05, 4.69) is 28.6 Å². The van der Waals surface area contributed by atoms with Crippen molar-refractivity contribution in [2.45, 2.75) is 16.3 Å². The lowest BCUT2D eigenvalue weighted by Crippen LogP contribution is -2.31. The SMILES string of the molecule is O=S(=O)(c1ccc(CN2C=c3sccc3=CC2)cc1)c1ccccc1Cl. The smallest absolute Gasteiger partial charge is 0.208 e. The van der Waals surface area contributed by atoms with E-state index in [0.29, 0.717) is 0 Å². The zero-order valence-electron chi connectivity index (χ0n) is 13.8. The van der Waals surface area contributed by atoms with Crippen molar-refractivity contribution in [3.8, 4) is 0 Å². The molecular weight excluding hydrogens is 386 g/mol. The molecule has 3 aromatic rings. The number of benzene rings is 2. The predicted molar refractivity (Wildman–Crippen MR) is 106 cm³/mol. The average Bonchev–Trinajstić information content (AvgIpc) is 3.10. The van der Waals surface area contributed by atoms with Crippen molar-refractivity contribution >= 4 is 45.1 Å². The molecule has 0 bridgehead atoms. The largest absolute Gasteiger partial charge is 0.368 e. The van der Waals surface area contributed by atoms with Crippen molar-refractivity contribution in [3.05, 3.63) is 80.3 Å². The summed E-state index contributed by atoms with van der Waals surface area (Å²) in [6.07, 6.45) is 4.37. The summed E-state index contributed by atoms with van der Waals surface area (Å²) in [5.41, 5.74) is 1.06. The van der Waals surface area contributed by atoms with Gasteiger partial charge in [0.2, 0.25) is 9.84 Å². The van der Waals surface area contributed by atoms with Crippen LogP contribution in [0.5, 0.6) is 0 Å². The molecule has 6 heteroatoms. The number of hydrogen-bond acceptors (Lipinski definition) is 4. The van der Waals surface area contributed by atoms with Crippen molar-refractivity contribution in [2.24, 2.45) is 0 Å². The van der Waals surface area contributed by atoms with E-state index in [0.717, 1.165) is 18.7 Å². The van der Waals surface area contributed by atoms with E-state index in [4.69, 9.17) is 11.6 Å². The topological polar surface area (TPSA) is 37.4 Å². The van der Waals surface area contributed by atoms with Crippen molar-refractivity contribution in [1.82, 2.24) is 4.90 Å². The second-order valence-corrected chi connectivity index (χ2v) is 9.35. The van der Waals surface area contributed by atoms with Crippen LogP contribution in [-0.4, -0.2) is 19.9 Å². The molecule has 2 aromatic carbocycles. The van der Waals surface area contributed by atoms with Crippen molar-refractivity contribution in [1.29, 1.82) is 0 Å². The first kappa shape index (κ1) is 17.3. The highest BCUT2D eigenvalue weighted by Gasteiger charge is 2.20. The van der Waals surface area contributed by atoms with Crippen LogP contribution in [-0.2, 0) is 16.4 Å². The summed E-state index contributed by atoms with van der Waals surface area (Å²) in [4.78, 5) is 2.61. The lowest BCUT2D eigenvalue weighted by Gasteiger charge is -2.20. The van der Waals surface area contributed by atoms with Gasteiger partial charge in [-0.3, -0.25) is 0 Å². The summed E-state index contributed by atoms with van der Waals surface area (Å²) in [7, 11) is -3.61. The molecule has 0 amide bonds. The fourth-order valence-electron chi connectivity index (χ4n) is 2.95. The molecule has 0 unspecified atom stereocenters. The summed E-state index contributed by atoms with van der Waals surface area (Å²) in [5.74, 6) is 0. The summed E-state index contributed by atoms with van der Waals surface area (Å²) in [5, 5.41) is 3.62. The van der Waals surface area contributed by atoms with Gasteiger partial charge in [0.05, 0.1) is 14.8 Å².